The summed E-state index contributed by atoms with van der Waals surface area (Å²) in [5.74, 6) is -0.544. The summed E-state index contributed by atoms with van der Waals surface area (Å²) >= 11 is 0. The summed E-state index contributed by atoms with van der Waals surface area (Å²) < 4.78 is 30.6. The number of nitrogens with zero attached hydrogens (tertiary/aromatic N) is 1. The Balaban J connectivity index is 5.28. The molecule has 0 saturated heterocycles. The van der Waals surface area contributed by atoms with E-state index < -0.39 is 20.0 Å². The van der Waals surface area contributed by atoms with Crippen molar-refractivity contribution in [3.8, 4) is 0 Å². The first-order valence-electron chi connectivity index (χ1n) is 30.6. The van der Waals surface area contributed by atoms with Crippen LogP contribution < -0.4 is 5.32 Å². The molecule has 0 rings (SSSR count). The van der Waals surface area contributed by atoms with E-state index in [2.05, 4.69) is 111 Å². The van der Waals surface area contributed by atoms with Gasteiger partial charge in [0.15, 0.2) is 0 Å². The SMILES string of the molecule is CC/C=C\C/C=C\C/C=C\C/C=C\C/C=C\C/C=C\CCCCCCC(=O)OC(/C=C\CCCCCCCCCCC)C(COP(=O)(O)OCC[N+](C)(C)C)NC(=O)CCCCCCCCC/C=C\CCCCCC. The topological polar surface area (TPSA) is 111 Å². The number of carbonyl (C=O) groups excluding carboxylic acids is 2. The zero-order valence-electron chi connectivity index (χ0n) is 49.3. The summed E-state index contributed by atoms with van der Waals surface area (Å²) in [5, 5.41) is 3.04. The molecule has 0 fully saturated rings. The van der Waals surface area contributed by atoms with Crippen LogP contribution in [-0.4, -0.2) is 74.3 Å². The second-order valence-electron chi connectivity index (χ2n) is 21.5. The average Bonchev–Trinajstić information content (AvgIpc) is 3.37. The van der Waals surface area contributed by atoms with Crippen LogP contribution in [0.1, 0.15) is 252 Å². The van der Waals surface area contributed by atoms with Crippen LogP contribution in [0.3, 0.4) is 0 Å². The Morgan fingerprint density at radius 3 is 1.31 bits per heavy atom. The molecule has 0 saturated carbocycles. The Kier molecular flexibility index (Phi) is 52.1. The minimum atomic E-state index is -4.46. The van der Waals surface area contributed by atoms with Gasteiger partial charge < -0.3 is 19.4 Å². The van der Waals surface area contributed by atoms with Crippen LogP contribution in [0.25, 0.3) is 0 Å². The van der Waals surface area contributed by atoms with Gasteiger partial charge in [0.2, 0.25) is 5.91 Å². The Bertz CT molecular complexity index is 1610. The number of nitrogens with one attached hydrogen (secondary N) is 1. The molecule has 0 aliphatic rings. The van der Waals surface area contributed by atoms with Crippen molar-refractivity contribution in [1.29, 1.82) is 0 Å². The Morgan fingerprint density at radius 2 is 0.853 bits per heavy atom. The lowest BCUT2D eigenvalue weighted by molar-refractivity contribution is -0.870. The number of amides is 1. The van der Waals surface area contributed by atoms with Crippen molar-refractivity contribution in [2.24, 2.45) is 0 Å². The Morgan fingerprint density at radius 1 is 0.480 bits per heavy atom. The fraction of sp³-hybridized carbons (Fsp3) is 0.723. The third-order valence-electron chi connectivity index (χ3n) is 13.0. The van der Waals surface area contributed by atoms with Crippen LogP contribution in [0.4, 0.5) is 0 Å². The molecule has 0 aliphatic heterocycles. The molecule has 2 N–H and O–H groups in total. The molecule has 0 spiro atoms. The van der Waals surface area contributed by atoms with Gasteiger partial charge in [-0.1, -0.05) is 227 Å². The molecule has 1 amide bonds. The van der Waals surface area contributed by atoms with Crippen molar-refractivity contribution in [1.82, 2.24) is 5.32 Å². The summed E-state index contributed by atoms with van der Waals surface area (Å²) in [6.45, 7) is 6.85. The van der Waals surface area contributed by atoms with Gasteiger partial charge in [0.05, 0.1) is 33.8 Å². The standard InChI is InChI=1S/C65H115N2O7P/c1-7-10-13-16-19-22-25-27-29-30-31-32-33-34-35-36-38-40-43-46-49-52-55-58-65(69)74-63(56-53-50-47-44-41-24-21-18-15-12-9-3)62(61-73-75(70,71)72-60-59-67(4,5)6)66-64(68)57-54-51-48-45-42-39-37-28-26-23-20-17-14-11-8-2/h10,13,19,22-23,26-27,29,31-32,34-35,38,40,53,56,62-63H,7-9,11-12,14-18,20-21,24-25,28,30,33,36-37,39,41-52,54-55,57-61H2,1-6H3,(H-,66,68,70,71)/p+1/b13-10-,22-19-,26-23-,29-27-,32-31-,35-34-,40-38-,56-53-. The lowest BCUT2D eigenvalue weighted by Crippen LogP contribution is -2.47. The van der Waals surface area contributed by atoms with Crippen molar-refractivity contribution < 1.29 is 37.3 Å². The lowest BCUT2D eigenvalue weighted by atomic mass is 10.1. The number of esters is 1. The number of hydrogen-bond acceptors (Lipinski definition) is 6. The molecule has 0 aromatic rings. The fourth-order valence-corrected chi connectivity index (χ4v) is 9.03. The molecule has 0 aliphatic carbocycles. The molecule has 10 heteroatoms. The number of hydrogen-bond donors (Lipinski definition) is 2. The monoisotopic (exact) mass is 1070 g/mol. The number of rotatable bonds is 54. The molecule has 9 nitrogen and oxygen atoms in total. The van der Waals surface area contributed by atoms with E-state index in [9.17, 15) is 19.0 Å². The molecule has 432 valence electrons. The fourth-order valence-electron chi connectivity index (χ4n) is 8.29. The highest BCUT2D eigenvalue weighted by molar-refractivity contribution is 7.47. The zero-order chi connectivity index (χ0) is 55.0. The highest BCUT2D eigenvalue weighted by atomic mass is 31.2. The number of allylic oxidation sites excluding steroid dienone is 15. The summed E-state index contributed by atoms with van der Waals surface area (Å²) in [6, 6.07) is -0.866. The summed E-state index contributed by atoms with van der Waals surface area (Å²) in [5.41, 5.74) is 0. The molecule has 3 atom stereocenters. The predicted octanol–water partition coefficient (Wildman–Crippen LogP) is 18.8. The second kappa shape index (κ2) is 54.3. The van der Waals surface area contributed by atoms with E-state index in [1.54, 1.807) is 0 Å². The van der Waals surface area contributed by atoms with Crippen molar-refractivity contribution >= 4 is 19.7 Å². The van der Waals surface area contributed by atoms with Gasteiger partial charge in [0.1, 0.15) is 19.3 Å². The molecular weight excluding hydrogens is 952 g/mol. The van der Waals surface area contributed by atoms with Crippen molar-refractivity contribution in [3.63, 3.8) is 0 Å². The highest BCUT2D eigenvalue weighted by Crippen LogP contribution is 2.43. The second-order valence-corrected chi connectivity index (χ2v) is 22.9. The summed E-state index contributed by atoms with van der Waals surface area (Å²) in [6.07, 6.45) is 72.6. The molecule has 75 heavy (non-hydrogen) atoms. The first kappa shape index (κ1) is 71.9. The average molecular weight is 1070 g/mol. The van der Waals surface area contributed by atoms with Gasteiger partial charge in [0.25, 0.3) is 0 Å². The van der Waals surface area contributed by atoms with Gasteiger partial charge in [-0.2, -0.15) is 0 Å². The van der Waals surface area contributed by atoms with Gasteiger partial charge in [-0.3, -0.25) is 18.6 Å². The minimum absolute atomic E-state index is 0.0307. The Hall–Kier alpha value is -3.07. The first-order valence-corrected chi connectivity index (χ1v) is 32.1. The maximum atomic E-state index is 13.5. The van der Waals surface area contributed by atoms with Crippen LogP contribution in [0, 0.1) is 0 Å². The molecule has 0 radical (unpaired) electrons. The third kappa shape index (κ3) is 55.5. The van der Waals surface area contributed by atoms with Gasteiger partial charge in [-0.05, 0) is 109 Å². The van der Waals surface area contributed by atoms with Crippen LogP contribution in [0.15, 0.2) is 97.2 Å². The summed E-state index contributed by atoms with van der Waals surface area (Å²) in [7, 11) is 1.47. The third-order valence-corrected chi connectivity index (χ3v) is 14.0. The molecule has 0 aromatic heterocycles. The van der Waals surface area contributed by atoms with Crippen molar-refractivity contribution in [2.75, 3.05) is 40.9 Å². The largest absolute Gasteiger partial charge is 0.472 e. The highest BCUT2D eigenvalue weighted by Gasteiger charge is 2.30. The molecule has 0 bridgehead atoms. The van der Waals surface area contributed by atoms with Gasteiger partial charge in [-0.25, -0.2) is 4.57 Å². The van der Waals surface area contributed by atoms with Crippen LogP contribution in [-0.2, 0) is 27.9 Å². The quantitative estimate of drug-likeness (QED) is 0.0205. The van der Waals surface area contributed by atoms with E-state index in [1.165, 1.54) is 96.3 Å². The van der Waals surface area contributed by atoms with Gasteiger partial charge in [-0.15, -0.1) is 0 Å². The number of carbonyl (C=O) groups is 2. The van der Waals surface area contributed by atoms with E-state index in [0.717, 1.165) is 116 Å². The van der Waals surface area contributed by atoms with Gasteiger partial charge >= 0.3 is 13.8 Å². The normalized spacial score (nSPS) is 14.4. The smallest absolute Gasteiger partial charge is 0.456 e. The van der Waals surface area contributed by atoms with E-state index in [1.807, 2.05) is 33.3 Å². The number of quaternary nitrogens is 1. The van der Waals surface area contributed by atoms with Crippen molar-refractivity contribution in [2.45, 2.75) is 264 Å². The van der Waals surface area contributed by atoms with E-state index >= 15 is 0 Å². The van der Waals surface area contributed by atoms with E-state index in [-0.39, 0.29) is 31.5 Å². The minimum Gasteiger partial charge on any atom is -0.456 e. The molecule has 3 unspecified atom stereocenters. The number of phosphoric ester groups is 1. The number of likely N-dealkylation sites (N-methyl/N-ethyl adjacent to an activating group) is 1. The van der Waals surface area contributed by atoms with E-state index in [4.69, 9.17) is 13.8 Å². The molecule has 0 heterocycles. The molecule has 0 aromatic carbocycles. The van der Waals surface area contributed by atoms with Crippen molar-refractivity contribution in [3.05, 3.63) is 97.2 Å². The van der Waals surface area contributed by atoms with E-state index in [0.29, 0.717) is 23.9 Å². The number of phosphoric acid groups is 1. The number of ether oxygens (including phenoxy) is 1. The first-order chi connectivity index (χ1) is 36.4. The van der Waals surface area contributed by atoms with Crippen LogP contribution >= 0.6 is 7.82 Å². The lowest BCUT2D eigenvalue weighted by Gasteiger charge is -2.27. The molecular formula is C65H116N2O7P+. The maximum Gasteiger partial charge on any atom is 0.472 e. The van der Waals surface area contributed by atoms with Crippen LogP contribution in [0.5, 0.6) is 0 Å². The maximum absolute atomic E-state index is 13.5. The number of unbranched alkanes of at least 4 members (excludes halogenated alkanes) is 24. The Labute approximate surface area is 462 Å². The predicted molar refractivity (Wildman–Crippen MR) is 323 cm³/mol. The summed E-state index contributed by atoms with van der Waals surface area (Å²) in [4.78, 5) is 37.6. The van der Waals surface area contributed by atoms with Gasteiger partial charge in [0, 0.05) is 12.8 Å². The zero-order valence-corrected chi connectivity index (χ0v) is 50.2. The van der Waals surface area contributed by atoms with Crippen LogP contribution in [0.2, 0.25) is 0 Å².